The minimum absolute atomic E-state index is 0.235. The standard InChI is InChI=1S/C10H19N3O/c1-8(4-5-14)11-7-10-6-9(2)12-13(10)3/h6,8,11,14H,4-5,7H2,1-3H3. The average molecular weight is 197 g/mol. The van der Waals surface area contributed by atoms with E-state index in [2.05, 4.69) is 23.4 Å². The molecule has 4 heteroatoms. The Bertz CT molecular complexity index is 283. The Morgan fingerprint density at radius 1 is 1.64 bits per heavy atom. The van der Waals surface area contributed by atoms with Crippen LogP contribution in [0.4, 0.5) is 0 Å². The molecule has 0 aromatic carbocycles. The Labute approximate surface area is 84.9 Å². The van der Waals surface area contributed by atoms with E-state index < -0.39 is 0 Å². The van der Waals surface area contributed by atoms with Crippen LogP contribution in [-0.2, 0) is 13.6 Å². The van der Waals surface area contributed by atoms with Crippen LogP contribution in [0.3, 0.4) is 0 Å². The fraction of sp³-hybridized carbons (Fsp3) is 0.700. The van der Waals surface area contributed by atoms with Crippen molar-refractivity contribution in [1.29, 1.82) is 0 Å². The molecule has 0 radical (unpaired) electrons. The number of aromatic nitrogens is 2. The fourth-order valence-corrected chi connectivity index (χ4v) is 1.40. The SMILES string of the molecule is Cc1cc(CNC(C)CCO)n(C)n1. The monoisotopic (exact) mass is 197 g/mol. The van der Waals surface area contributed by atoms with Gasteiger partial charge in [-0.05, 0) is 26.3 Å². The molecule has 0 aliphatic carbocycles. The van der Waals surface area contributed by atoms with Gasteiger partial charge in [0.25, 0.3) is 0 Å². The summed E-state index contributed by atoms with van der Waals surface area (Å²) in [7, 11) is 1.95. The van der Waals surface area contributed by atoms with Crippen molar-refractivity contribution >= 4 is 0 Å². The minimum atomic E-state index is 0.235. The molecule has 80 valence electrons. The summed E-state index contributed by atoms with van der Waals surface area (Å²) >= 11 is 0. The first-order chi connectivity index (χ1) is 6.63. The van der Waals surface area contributed by atoms with Crippen LogP contribution in [0.1, 0.15) is 24.7 Å². The molecule has 1 rings (SSSR count). The lowest BCUT2D eigenvalue weighted by Crippen LogP contribution is -2.27. The number of aliphatic hydroxyl groups is 1. The molecule has 0 spiro atoms. The zero-order valence-corrected chi connectivity index (χ0v) is 9.12. The third-order valence-electron chi connectivity index (χ3n) is 2.29. The summed E-state index contributed by atoms with van der Waals surface area (Å²) in [5.74, 6) is 0. The van der Waals surface area contributed by atoms with Gasteiger partial charge >= 0.3 is 0 Å². The lowest BCUT2D eigenvalue weighted by Gasteiger charge is -2.11. The van der Waals surface area contributed by atoms with Gasteiger partial charge in [0.15, 0.2) is 0 Å². The van der Waals surface area contributed by atoms with E-state index in [1.165, 1.54) is 5.69 Å². The summed E-state index contributed by atoms with van der Waals surface area (Å²) in [5, 5.41) is 16.3. The summed E-state index contributed by atoms with van der Waals surface area (Å²) < 4.78 is 1.88. The number of aryl methyl sites for hydroxylation is 2. The molecular formula is C10H19N3O. The Kier molecular flexibility index (Phi) is 4.10. The molecule has 0 bridgehead atoms. The van der Waals surface area contributed by atoms with E-state index in [0.717, 1.165) is 18.7 Å². The molecule has 1 aromatic rings. The Hall–Kier alpha value is -0.870. The molecule has 4 nitrogen and oxygen atoms in total. The molecule has 0 saturated carbocycles. The van der Waals surface area contributed by atoms with E-state index in [1.54, 1.807) is 0 Å². The van der Waals surface area contributed by atoms with Crippen molar-refractivity contribution in [2.45, 2.75) is 32.9 Å². The van der Waals surface area contributed by atoms with Crippen molar-refractivity contribution in [3.8, 4) is 0 Å². The number of hydrogen-bond donors (Lipinski definition) is 2. The molecule has 0 aliphatic heterocycles. The molecule has 14 heavy (non-hydrogen) atoms. The van der Waals surface area contributed by atoms with E-state index >= 15 is 0 Å². The first-order valence-electron chi connectivity index (χ1n) is 4.97. The van der Waals surface area contributed by atoms with Crippen molar-refractivity contribution in [2.24, 2.45) is 7.05 Å². The average Bonchev–Trinajstić information content (AvgIpc) is 2.42. The van der Waals surface area contributed by atoms with Crippen LogP contribution in [0.25, 0.3) is 0 Å². The van der Waals surface area contributed by atoms with Crippen molar-refractivity contribution in [3.05, 3.63) is 17.5 Å². The van der Waals surface area contributed by atoms with Crippen LogP contribution < -0.4 is 5.32 Å². The Morgan fingerprint density at radius 3 is 2.86 bits per heavy atom. The van der Waals surface area contributed by atoms with Gasteiger partial charge in [0.2, 0.25) is 0 Å². The number of rotatable bonds is 5. The van der Waals surface area contributed by atoms with Crippen LogP contribution in [0.5, 0.6) is 0 Å². The van der Waals surface area contributed by atoms with E-state index in [-0.39, 0.29) is 6.61 Å². The van der Waals surface area contributed by atoms with Crippen molar-refractivity contribution in [2.75, 3.05) is 6.61 Å². The number of aliphatic hydroxyl groups excluding tert-OH is 1. The highest BCUT2D eigenvalue weighted by atomic mass is 16.3. The van der Waals surface area contributed by atoms with Gasteiger partial charge in [-0.15, -0.1) is 0 Å². The lowest BCUT2D eigenvalue weighted by atomic mass is 10.2. The highest BCUT2D eigenvalue weighted by molar-refractivity contribution is 5.08. The van der Waals surface area contributed by atoms with Crippen LogP contribution in [0.2, 0.25) is 0 Å². The summed E-state index contributed by atoms with van der Waals surface area (Å²) in [6.45, 7) is 5.09. The van der Waals surface area contributed by atoms with Gasteiger partial charge in [-0.3, -0.25) is 4.68 Å². The molecule has 0 amide bonds. The van der Waals surface area contributed by atoms with Crippen molar-refractivity contribution in [3.63, 3.8) is 0 Å². The molecule has 1 atom stereocenters. The van der Waals surface area contributed by atoms with E-state index in [1.807, 2.05) is 18.7 Å². The summed E-state index contributed by atoms with van der Waals surface area (Å²) in [5.41, 5.74) is 2.21. The van der Waals surface area contributed by atoms with Crippen LogP contribution in [-0.4, -0.2) is 27.5 Å². The molecule has 0 aliphatic rings. The van der Waals surface area contributed by atoms with Gasteiger partial charge in [0, 0.05) is 26.2 Å². The minimum Gasteiger partial charge on any atom is -0.396 e. The lowest BCUT2D eigenvalue weighted by molar-refractivity contribution is 0.268. The quantitative estimate of drug-likeness (QED) is 0.726. The predicted molar refractivity (Wildman–Crippen MR) is 55.9 cm³/mol. The van der Waals surface area contributed by atoms with Crippen molar-refractivity contribution < 1.29 is 5.11 Å². The van der Waals surface area contributed by atoms with Crippen LogP contribution in [0.15, 0.2) is 6.07 Å². The number of nitrogens with zero attached hydrogens (tertiary/aromatic N) is 2. The van der Waals surface area contributed by atoms with E-state index in [4.69, 9.17) is 5.11 Å². The van der Waals surface area contributed by atoms with Crippen molar-refractivity contribution in [1.82, 2.24) is 15.1 Å². The normalized spacial score (nSPS) is 13.1. The Balaban J connectivity index is 2.41. The van der Waals surface area contributed by atoms with Gasteiger partial charge < -0.3 is 10.4 Å². The molecule has 0 saturated heterocycles. The first kappa shape index (κ1) is 11.2. The second-order valence-corrected chi connectivity index (χ2v) is 3.69. The highest BCUT2D eigenvalue weighted by Gasteiger charge is 2.04. The van der Waals surface area contributed by atoms with Gasteiger partial charge in [-0.25, -0.2) is 0 Å². The Morgan fingerprint density at radius 2 is 2.36 bits per heavy atom. The summed E-state index contributed by atoms with van der Waals surface area (Å²) in [6, 6.07) is 2.41. The first-order valence-corrected chi connectivity index (χ1v) is 4.97. The van der Waals surface area contributed by atoms with Gasteiger partial charge in [0.05, 0.1) is 11.4 Å². The third-order valence-corrected chi connectivity index (χ3v) is 2.29. The summed E-state index contributed by atoms with van der Waals surface area (Å²) in [6.07, 6.45) is 0.789. The maximum absolute atomic E-state index is 8.74. The number of nitrogens with one attached hydrogen (secondary N) is 1. The fourth-order valence-electron chi connectivity index (χ4n) is 1.40. The maximum Gasteiger partial charge on any atom is 0.0597 e. The second kappa shape index (κ2) is 5.12. The molecule has 1 unspecified atom stereocenters. The second-order valence-electron chi connectivity index (χ2n) is 3.69. The predicted octanol–water partition coefficient (Wildman–Crippen LogP) is 0.589. The van der Waals surface area contributed by atoms with Gasteiger partial charge in [0.1, 0.15) is 0 Å². The topological polar surface area (TPSA) is 50.1 Å². The third kappa shape index (κ3) is 3.12. The van der Waals surface area contributed by atoms with Gasteiger partial charge in [-0.1, -0.05) is 0 Å². The molecule has 0 fully saturated rings. The van der Waals surface area contributed by atoms with E-state index in [9.17, 15) is 0 Å². The highest BCUT2D eigenvalue weighted by Crippen LogP contribution is 2.02. The van der Waals surface area contributed by atoms with Crippen LogP contribution >= 0.6 is 0 Å². The zero-order valence-electron chi connectivity index (χ0n) is 9.12. The zero-order chi connectivity index (χ0) is 10.6. The number of hydrogen-bond acceptors (Lipinski definition) is 3. The molecular weight excluding hydrogens is 178 g/mol. The largest absolute Gasteiger partial charge is 0.396 e. The maximum atomic E-state index is 8.74. The molecule has 1 heterocycles. The van der Waals surface area contributed by atoms with Gasteiger partial charge in [-0.2, -0.15) is 5.10 Å². The molecule has 1 aromatic heterocycles. The molecule has 2 N–H and O–H groups in total. The smallest absolute Gasteiger partial charge is 0.0597 e. The van der Waals surface area contributed by atoms with E-state index in [0.29, 0.717) is 6.04 Å². The summed E-state index contributed by atoms with van der Waals surface area (Å²) in [4.78, 5) is 0. The van der Waals surface area contributed by atoms with Crippen LogP contribution in [0, 0.1) is 6.92 Å².